The molecule has 0 radical (unpaired) electrons. The maximum absolute atomic E-state index is 13.6. The molecule has 0 atom stereocenters. The number of nitrogens with one attached hydrogen (secondary N) is 1. The molecule has 0 spiro atoms. The lowest BCUT2D eigenvalue weighted by molar-refractivity contribution is 0.0945. The first-order valence-corrected chi connectivity index (χ1v) is 6.18. The lowest BCUT2D eigenvalue weighted by atomic mass is 10.2. The molecule has 1 fully saturated rings. The summed E-state index contributed by atoms with van der Waals surface area (Å²) in [6, 6.07) is 6.44. The minimum absolute atomic E-state index is 0.136. The van der Waals surface area contributed by atoms with Crippen molar-refractivity contribution in [2.75, 3.05) is 0 Å². The molecule has 1 amide bonds. The highest BCUT2D eigenvalue weighted by Crippen LogP contribution is 2.25. The number of nitrogens with zero attached hydrogens (tertiary/aromatic N) is 1. The van der Waals surface area contributed by atoms with Crippen molar-refractivity contribution in [3.8, 4) is 11.5 Å². The molecule has 1 saturated carbocycles. The van der Waals surface area contributed by atoms with Crippen LogP contribution >= 0.6 is 0 Å². The molecule has 0 saturated heterocycles. The van der Waals surface area contributed by atoms with Crippen LogP contribution in [0.15, 0.2) is 28.7 Å². The van der Waals surface area contributed by atoms with Crippen molar-refractivity contribution in [1.29, 1.82) is 0 Å². The minimum Gasteiger partial charge on any atom is -0.440 e. The number of hydrogen-bond donors (Lipinski definition) is 1. The zero-order chi connectivity index (χ0) is 13.4. The average molecular weight is 260 g/mol. The summed E-state index contributed by atoms with van der Waals surface area (Å²) in [4.78, 5) is 16.0. The van der Waals surface area contributed by atoms with E-state index in [9.17, 15) is 9.18 Å². The van der Waals surface area contributed by atoms with Crippen LogP contribution in [0.25, 0.3) is 11.5 Å². The van der Waals surface area contributed by atoms with Crippen molar-refractivity contribution in [2.45, 2.75) is 25.8 Å². The second kappa shape index (κ2) is 4.50. The molecule has 0 bridgehead atoms. The van der Waals surface area contributed by atoms with E-state index in [0.717, 1.165) is 12.8 Å². The van der Waals surface area contributed by atoms with Gasteiger partial charge in [-0.25, -0.2) is 9.37 Å². The van der Waals surface area contributed by atoms with Gasteiger partial charge in [0.1, 0.15) is 11.6 Å². The first-order valence-electron chi connectivity index (χ1n) is 6.18. The Morgan fingerprint density at radius 2 is 2.16 bits per heavy atom. The lowest BCUT2D eigenvalue weighted by Gasteiger charge is -1.98. The number of oxazole rings is 1. The van der Waals surface area contributed by atoms with Gasteiger partial charge in [0.25, 0.3) is 5.91 Å². The van der Waals surface area contributed by atoms with Crippen LogP contribution in [0.2, 0.25) is 0 Å². The highest BCUT2D eigenvalue weighted by Gasteiger charge is 2.27. The fourth-order valence-electron chi connectivity index (χ4n) is 1.84. The Hall–Kier alpha value is -2.17. The third-order valence-electron chi connectivity index (χ3n) is 3.03. The second-order valence-electron chi connectivity index (χ2n) is 4.65. The number of hydrogen-bond acceptors (Lipinski definition) is 3. The predicted molar refractivity (Wildman–Crippen MR) is 67.1 cm³/mol. The number of aromatic nitrogens is 1. The van der Waals surface area contributed by atoms with Gasteiger partial charge in [-0.1, -0.05) is 12.1 Å². The van der Waals surface area contributed by atoms with Gasteiger partial charge in [-0.3, -0.25) is 4.79 Å². The number of carbonyl (C=O) groups is 1. The summed E-state index contributed by atoms with van der Waals surface area (Å²) in [6.07, 6.45) is 2.01. The molecule has 98 valence electrons. The molecule has 2 aromatic rings. The smallest absolute Gasteiger partial charge is 0.273 e. The number of amides is 1. The summed E-state index contributed by atoms with van der Waals surface area (Å²) >= 11 is 0. The van der Waals surface area contributed by atoms with Crippen molar-refractivity contribution in [3.05, 3.63) is 41.5 Å². The second-order valence-corrected chi connectivity index (χ2v) is 4.65. The van der Waals surface area contributed by atoms with Crippen molar-refractivity contribution < 1.29 is 13.6 Å². The molecular weight excluding hydrogens is 247 g/mol. The topological polar surface area (TPSA) is 55.1 Å². The predicted octanol–water partition coefficient (Wildman–Crippen LogP) is 2.68. The van der Waals surface area contributed by atoms with E-state index in [1.54, 1.807) is 25.1 Å². The first-order chi connectivity index (χ1) is 9.15. The summed E-state index contributed by atoms with van der Waals surface area (Å²) in [7, 11) is 0. The molecule has 0 unspecified atom stereocenters. The maximum Gasteiger partial charge on any atom is 0.273 e. The molecule has 1 aliphatic rings. The van der Waals surface area contributed by atoms with E-state index in [1.165, 1.54) is 6.07 Å². The number of aryl methyl sites for hydroxylation is 1. The zero-order valence-corrected chi connectivity index (χ0v) is 10.4. The van der Waals surface area contributed by atoms with Gasteiger partial charge in [0.2, 0.25) is 5.89 Å². The number of rotatable bonds is 3. The van der Waals surface area contributed by atoms with E-state index in [2.05, 4.69) is 10.3 Å². The third kappa shape index (κ3) is 2.36. The van der Waals surface area contributed by atoms with Crippen molar-refractivity contribution in [1.82, 2.24) is 10.3 Å². The minimum atomic E-state index is -0.419. The van der Waals surface area contributed by atoms with Crippen molar-refractivity contribution in [2.24, 2.45) is 0 Å². The SMILES string of the molecule is Cc1oc(-c2ccccc2F)nc1C(=O)NC1CC1. The fraction of sp³-hybridized carbons (Fsp3) is 0.286. The monoisotopic (exact) mass is 260 g/mol. The van der Waals surface area contributed by atoms with E-state index in [-0.39, 0.29) is 29.1 Å². The van der Waals surface area contributed by atoms with Gasteiger partial charge < -0.3 is 9.73 Å². The largest absolute Gasteiger partial charge is 0.440 e. The molecular formula is C14H13FN2O2. The average Bonchev–Trinajstić information content (AvgIpc) is 3.10. The first kappa shape index (κ1) is 11.9. The van der Waals surface area contributed by atoms with Gasteiger partial charge in [-0.15, -0.1) is 0 Å². The standard InChI is InChI=1S/C14H13FN2O2/c1-8-12(13(18)16-9-6-7-9)17-14(19-8)10-4-2-3-5-11(10)15/h2-5,9H,6-7H2,1H3,(H,16,18). The van der Waals surface area contributed by atoms with Gasteiger partial charge >= 0.3 is 0 Å². The number of benzene rings is 1. The molecule has 0 aliphatic heterocycles. The summed E-state index contributed by atoms with van der Waals surface area (Å²) < 4.78 is 19.0. The van der Waals surface area contributed by atoms with E-state index >= 15 is 0 Å². The molecule has 3 rings (SSSR count). The summed E-state index contributed by atoms with van der Waals surface area (Å²) in [5.74, 6) is -0.141. The Kier molecular flexibility index (Phi) is 2.81. The van der Waals surface area contributed by atoms with Gasteiger partial charge in [0, 0.05) is 6.04 Å². The highest BCUT2D eigenvalue weighted by atomic mass is 19.1. The van der Waals surface area contributed by atoms with Crippen LogP contribution in [0.5, 0.6) is 0 Å². The summed E-state index contributed by atoms with van der Waals surface area (Å²) in [5.41, 5.74) is 0.487. The van der Waals surface area contributed by atoms with Crippen LogP contribution < -0.4 is 5.32 Å². The Morgan fingerprint density at radius 1 is 1.42 bits per heavy atom. The molecule has 1 N–H and O–H groups in total. The van der Waals surface area contributed by atoms with Crippen molar-refractivity contribution in [3.63, 3.8) is 0 Å². The van der Waals surface area contributed by atoms with Gasteiger partial charge in [-0.05, 0) is 31.9 Å². The van der Waals surface area contributed by atoms with E-state index in [0.29, 0.717) is 5.76 Å². The Bertz CT molecular complexity index is 632. The zero-order valence-electron chi connectivity index (χ0n) is 10.4. The summed E-state index contributed by atoms with van der Waals surface area (Å²) in [5, 5.41) is 2.84. The van der Waals surface area contributed by atoms with Crippen LogP contribution in [-0.4, -0.2) is 16.9 Å². The van der Waals surface area contributed by atoms with E-state index in [1.807, 2.05) is 0 Å². The Morgan fingerprint density at radius 3 is 2.84 bits per heavy atom. The molecule has 5 heteroatoms. The third-order valence-corrected chi connectivity index (χ3v) is 3.03. The van der Waals surface area contributed by atoms with Gasteiger partial charge in [0.05, 0.1) is 5.56 Å². The van der Waals surface area contributed by atoms with Crippen LogP contribution in [-0.2, 0) is 0 Å². The van der Waals surface area contributed by atoms with Crippen molar-refractivity contribution >= 4 is 5.91 Å². The molecule has 1 aromatic heterocycles. The maximum atomic E-state index is 13.6. The lowest BCUT2D eigenvalue weighted by Crippen LogP contribution is -2.26. The molecule has 4 nitrogen and oxygen atoms in total. The molecule has 1 heterocycles. The van der Waals surface area contributed by atoms with Crippen LogP contribution in [0.4, 0.5) is 4.39 Å². The molecule has 1 aliphatic carbocycles. The molecule has 1 aromatic carbocycles. The Labute approximate surface area is 109 Å². The van der Waals surface area contributed by atoms with Crippen LogP contribution in [0.3, 0.4) is 0 Å². The van der Waals surface area contributed by atoms with E-state index < -0.39 is 5.82 Å². The Balaban J connectivity index is 1.92. The fourth-order valence-corrected chi connectivity index (χ4v) is 1.84. The quantitative estimate of drug-likeness (QED) is 0.923. The summed E-state index contributed by atoms with van der Waals surface area (Å²) in [6.45, 7) is 1.65. The molecule has 19 heavy (non-hydrogen) atoms. The normalized spacial score (nSPS) is 14.4. The highest BCUT2D eigenvalue weighted by molar-refractivity contribution is 5.94. The van der Waals surface area contributed by atoms with Crippen LogP contribution in [0.1, 0.15) is 29.1 Å². The van der Waals surface area contributed by atoms with Crippen LogP contribution in [0, 0.1) is 12.7 Å². The van der Waals surface area contributed by atoms with Gasteiger partial charge in [0.15, 0.2) is 5.69 Å². The van der Waals surface area contributed by atoms with Gasteiger partial charge in [-0.2, -0.15) is 0 Å². The number of carbonyl (C=O) groups excluding carboxylic acids is 1. The number of halogens is 1. The van der Waals surface area contributed by atoms with E-state index in [4.69, 9.17) is 4.42 Å².